The van der Waals surface area contributed by atoms with E-state index in [2.05, 4.69) is 10.4 Å². The van der Waals surface area contributed by atoms with Gasteiger partial charge in [-0.3, -0.25) is 9.59 Å². The molecule has 0 bridgehead atoms. The number of hydrogen-bond acceptors (Lipinski definition) is 3. The topological polar surface area (TPSA) is 66.7 Å². The number of nitrogens with one attached hydrogen (secondary N) is 1. The zero-order valence-electron chi connectivity index (χ0n) is 14.5. The van der Waals surface area contributed by atoms with E-state index in [0.717, 1.165) is 22.0 Å². The molecule has 6 nitrogen and oxygen atoms in total. The summed E-state index contributed by atoms with van der Waals surface area (Å²) < 4.78 is 1.95. The zero-order chi connectivity index (χ0) is 18.3. The van der Waals surface area contributed by atoms with Crippen molar-refractivity contribution in [3.05, 3.63) is 71.9 Å². The molecule has 2 heterocycles. The maximum atomic E-state index is 13.0. The number of nitrogens with zero attached hydrogens (tertiary/aromatic N) is 3. The molecule has 0 spiro atoms. The fourth-order valence-electron chi connectivity index (χ4n) is 3.33. The summed E-state index contributed by atoms with van der Waals surface area (Å²) in [6.07, 6.45) is 1.88. The predicted octanol–water partition coefficient (Wildman–Crippen LogP) is 2.56. The molecule has 130 valence electrons. The van der Waals surface area contributed by atoms with Gasteiger partial charge in [0.25, 0.3) is 5.91 Å². The molecule has 0 saturated carbocycles. The van der Waals surface area contributed by atoms with Crippen LogP contribution in [0.2, 0.25) is 0 Å². The molecule has 1 aliphatic heterocycles. The number of hydrogen-bond donors (Lipinski definition) is 1. The van der Waals surface area contributed by atoms with Gasteiger partial charge in [0.15, 0.2) is 11.9 Å². The number of aryl methyl sites for hydroxylation is 1. The van der Waals surface area contributed by atoms with E-state index in [4.69, 9.17) is 0 Å². The van der Waals surface area contributed by atoms with Crippen molar-refractivity contribution in [2.75, 3.05) is 0 Å². The maximum Gasteiger partial charge on any atom is 0.255 e. The van der Waals surface area contributed by atoms with Crippen molar-refractivity contribution in [1.82, 2.24) is 14.9 Å². The van der Waals surface area contributed by atoms with Crippen LogP contribution >= 0.6 is 0 Å². The number of aromatic nitrogens is 1. The minimum Gasteiger partial charge on any atom is -0.350 e. The van der Waals surface area contributed by atoms with Gasteiger partial charge in [0.2, 0.25) is 5.91 Å². The average Bonchev–Trinajstić information content (AvgIpc) is 2.98. The summed E-state index contributed by atoms with van der Waals surface area (Å²) in [7, 11) is 1.92. The van der Waals surface area contributed by atoms with Gasteiger partial charge < -0.3 is 9.88 Å². The van der Waals surface area contributed by atoms with Crippen LogP contribution in [0.15, 0.2) is 65.9 Å². The number of carbonyl (C=O) groups excluding carboxylic acids is 2. The second-order valence-electron chi connectivity index (χ2n) is 6.28. The lowest BCUT2D eigenvalue weighted by Crippen LogP contribution is -2.48. The molecule has 6 heteroatoms. The quantitative estimate of drug-likeness (QED) is 0.775. The van der Waals surface area contributed by atoms with E-state index in [1.54, 1.807) is 0 Å². The average molecular weight is 346 g/mol. The molecule has 26 heavy (non-hydrogen) atoms. The minimum absolute atomic E-state index is 0.273. The van der Waals surface area contributed by atoms with Gasteiger partial charge in [0.05, 0.1) is 0 Å². The molecule has 1 unspecified atom stereocenters. The van der Waals surface area contributed by atoms with E-state index < -0.39 is 6.04 Å². The Kier molecular flexibility index (Phi) is 3.80. The molecule has 4 rings (SSSR count). The number of benzene rings is 2. The van der Waals surface area contributed by atoms with Crippen LogP contribution in [0.4, 0.5) is 0 Å². The number of hydrazone groups is 1. The maximum absolute atomic E-state index is 13.0. The lowest BCUT2D eigenvalue weighted by atomic mass is 10.0. The van der Waals surface area contributed by atoms with Gasteiger partial charge in [-0.15, -0.1) is 0 Å². The molecule has 3 aromatic rings. The highest BCUT2D eigenvalue weighted by molar-refractivity contribution is 6.12. The van der Waals surface area contributed by atoms with E-state index in [0.29, 0.717) is 5.84 Å². The standard InChI is InChI=1S/C20H18N4O2/c1-13(25)24-18(16-12-23(2)17-11-7-6-10-15(16)17)20(26)21-19(22-24)14-8-4-3-5-9-14/h3-12,18H,1-2H3,(H,21,22,26). The van der Waals surface area contributed by atoms with Crippen LogP contribution in [-0.2, 0) is 16.6 Å². The molecule has 1 aromatic heterocycles. The van der Waals surface area contributed by atoms with E-state index in [-0.39, 0.29) is 11.8 Å². The SMILES string of the molecule is CC(=O)N1N=C(c2ccccc2)NC(=O)C1c1cn(C)c2ccccc12. The van der Waals surface area contributed by atoms with Crippen molar-refractivity contribution in [2.45, 2.75) is 13.0 Å². The molecular formula is C20H18N4O2. The van der Waals surface area contributed by atoms with Crippen molar-refractivity contribution in [3.63, 3.8) is 0 Å². The Balaban J connectivity index is 1.85. The van der Waals surface area contributed by atoms with Crippen LogP contribution in [0.5, 0.6) is 0 Å². The second kappa shape index (κ2) is 6.15. The summed E-state index contributed by atoms with van der Waals surface area (Å²) in [5.74, 6) is -0.182. The summed E-state index contributed by atoms with van der Waals surface area (Å²) in [5.41, 5.74) is 2.51. The van der Waals surface area contributed by atoms with Crippen LogP contribution in [0.1, 0.15) is 24.1 Å². The Morgan fingerprint density at radius 1 is 1.08 bits per heavy atom. The van der Waals surface area contributed by atoms with E-state index >= 15 is 0 Å². The molecule has 0 radical (unpaired) electrons. The van der Waals surface area contributed by atoms with Gasteiger partial charge in [0.1, 0.15) is 0 Å². The number of para-hydroxylation sites is 1. The molecule has 1 N–H and O–H groups in total. The first-order valence-corrected chi connectivity index (χ1v) is 8.35. The van der Waals surface area contributed by atoms with Gasteiger partial charge in [-0.25, -0.2) is 5.01 Å². The normalized spacial score (nSPS) is 17.2. The third kappa shape index (κ3) is 2.56. The number of amidine groups is 1. The van der Waals surface area contributed by atoms with Crippen molar-refractivity contribution in [1.29, 1.82) is 0 Å². The number of amides is 2. The first-order chi connectivity index (χ1) is 12.6. The molecular weight excluding hydrogens is 328 g/mol. The summed E-state index contributed by atoms with van der Waals surface area (Å²) in [5, 5.41) is 9.48. The van der Waals surface area contributed by atoms with Gasteiger partial charge in [0, 0.05) is 42.2 Å². The van der Waals surface area contributed by atoms with Crippen LogP contribution in [-0.4, -0.2) is 27.2 Å². The Hall–Kier alpha value is -3.41. The van der Waals surface area contributed by atoms with E-state index in [9.17, 15) is 9.59 Å². The molecule has 0 aliphatic carbocycles. The van der Waals surface area contributed by atoms with E-state index in [1.165, 1.54) is 11.9 Å². The largest absolute Gasteiger partial charge is 0.350 e. The van der Waals surface area contributed by atoms with Crippen LogP contribution < -0.4 is 5.32 Å². The molecule has 1 atom stereocenters. The van der Waals surface area contributed by atoms with Gasteiger partial charge in [-0.2, -0.15) is 5.10 Å². The lowest BCUT2D eigenvalue weighted by molar-refractivity contribution is -0.139. The molecule has 2 aromatic carbocycles. The minimum atomic E-state index is -0.800. The van der Waals surface area contributed by atoms with E-state index in [1.807, 2.05) is 72.4 Å². The smallest absolute Gasteiger partial charge is 0.255 e. The lowest BCUT2D eigenvalue weighted by Gasteiger charge is -2.31. The molecule has 0 saturated heterocycles. The van der Waals surface area contributed by atoms with Crippen molar-refractivity contribution < 1.29 is 9.59 Å². The Bertz CT molecular complexity index is 1040. The summed E-state index contributed by atoms with van der Waals surface area (Å²) in [6.45, 7) is 1.42. The summed E-state index contributed by atoms with van der Waals surface area (Å²) >= 11 is 0. The number of rotatable bonds is 2. The third-order valence-electron chi connectivity index (χ3n) is 4.53. The summed E-state index contributed by atoms with van der Waals surface area (Å²) in [6, 6.07) is 16.3. The van der Waals surface area contributed by atoms with Crippen LogP contribution in [0.25, 0.3) is 10.9 Å². The highest BCUT2D eigenvalue weighted by atomic mass is 16.2. The Labute approximate surface area is 150 Å². The first-order valence-electron chi connectivity index (χ1n) is 8.35. The van der Waals surface area contributed by atoms with Crippen LogP contribution in [0, 0.1) is 0 Å². The van der Waals surface area contributed by atoms with Crippen LogP contribution in [0.3, 0.4) is 0 Å². The number of fused-ring (bicyclic) bond motifs is 1. The molecule has 2 amide bonds. The first kappa shape index (κ1) is 16.1. The number of carbonyl (C=O) groups is 2. The van der Waals surface area contributed by atoms with Crippen molar-refractivity contribution in [2.24, 2.45) is 12.1 Å². The fraction of sp³-hybridized carbons (Fsp3) is 0.150. The van der Waals surface area contributed by atoms with Gasteiger partial charge in [-0.1, -0.05) is 48.5 Å². The zero-order valence-corrected chi connectivity index (χ0v) is 14.5. The van der Waals surface area contributed by atoms with Gasteiger partial charge in [-0.05, 0) is 6.07 Å². The van der Waals surface area contributed by atoms with Crippen molar-refractivity contribution >= 4 is 28.6 Å². The van der Waals surface area contributed by atoms with Gasteiger partial charge >= 0.3 is 0 Å². The highest BCUT2D eigenvalue weighted by Crippen LogP contribution is 2.32. The Morgan fingerprint density at radius 3 is 2.50 bits per heavy atom. The van der Waals surface area contributed by atoms with Crippen molar-refractivity contribution in [3.8, 4) is 0 Å². The second-order valence-corrected chi connectivity index (χ2v) is 6.28. The monoisotopic (exact) mass is 346 g/mol. The fourth-order valence-corrected chi connectivity index (χ4v) is 3.33. The predicted molar refractivity (Wildman–Crippen MR) is 99.3 cm³/mol. The molecule has 1 aliphatic rings. The summed E-state index contributed by atoms with van der Waals surface area (Å²) in [4.78, 5) is 25.2. The Morgan fingerprint density at radius 2 is 1.77 bits per heavy atom. The third-order valence-corrected chi connectivity index (χ3v) is 4.53. The highest BCUT2D eigenvalue weighted by Gasteiger charge is 2.36. The molecule has 0 fully saturated rings.